The van der Waals surface area contributed by atoms with Crippen LogP contribution in [0.3, 0.4) is 0 Å². The Kier molecular flexibility index (Phi) is 12.9. The van der Waals surface area contributed by atoms with Crippen LogP contribution in [0, 0.1) is 63.2 Å². The normalized spacial score (nSPS) is 18.1. The number of nitrogens with zero attached hydrogens (tertiary/aromatic N) is 1. The third kappa shape index (κ3) is 8.12. The molecule has 2 nitrogen and oxygen atoms in total. The van der Waals surface area contributed by atoms with Crippen LogP contribution >= 0.6 is 0 Å². The molecule has 0 N–H and O–H groups in total. The maximum Gasteiger partial charge on any atom is 2.00 e. The first-order chi connectivity index (χ1) is 13.6. The molecule has 0 spiro atoms. The summed E-state index contributed by atoms with van der Waals surface area (Å²) in [7, 11) is 5.95. The Morgan fingerprint density at radius 3 is 1.79 bits per heavy atom. The second kappa shape index (κ2) is 14.3. The third-order valence-electron chi connectivity index (χ3n) is 4.78. The van der Waals surface area contributed by atoms with Crippen molar-refractivity contribution in [2.24, 2.45) is 0 Å². The van der Waals surface area contributed by atoms with Gasteiger partial charge in [0, 0.05) is 18.4 Å². The summed E-state index contributed by atoms with van der Waals surface area (Å²) in [6, 6.07) is 8.43. The van der Waals surface area contributed by atoms with Crippen LogP contribution in [-0.2, 0) is 17.1 Å². The van der Waals surface area contributed by atoms with Gasteiger partial charge in [0.25, 0.3) is 0 Å². The summed E-state index contributed by atoms with van der Waals surface area (Å²) in [6.07, 6.45) is 18.7. The molecule has 1 aromatic carbocycles. The smallest absolute Gasteiger partial charge is 0.497 e. The molecule has 1 aromatic rings. The van der Waals surface area contributed by atoms with E-state index in [2.05, 4.69) is 64.2 Å². The fourth-order valence-electron chi connectivity index (χ4n) is 3.50. The molecule has 10 radical (unpaired) electrons. The monoisotopic (exact) mass is 431 g/mol. The molecule has 0 saturated heterocycles. The minimum atomic E-state index is 0. The molecule has 154 valence electrons. The summed E-state index contributed by atoms with van der Waals surface area (Å²) in [5.41, 5.74) is 4.18. The van der Waals surface area contributed by atoms with E-state index < -0.39 is 0 Å². The maximum atomic E-state index is 5.28. The van der Waals surface area contributed by atoms with E-state index in [1.165, 1.54) is 28.5 Å². The van der Waals surface area contributed by atoms with Crippen LogP contribution in [-0.4, -0.2) is 32.6 Å². The van der Waals surface area contributed by atoms with E-state index in [-0.39, 0.29) is 17.1 Å². The van der Waals surface area contributed by atoms with Gasteiger partial charge < -0.3 is 9.64 Å². The van der Waals surface area contributed by atoms with Crippen molar-refractivity contribution in [1.29, 1.82) is 0 Å². The van der Waals surface area contributed by atoms with E-state index in [9.17, 15) is 0 Å². The first kappa shape index (κ1) is 26.3. The summed E-state index contributed by atoms with van der Waals surface area (Å²) in [4.78, 5) is 2.23. The van der Waals surface area contributed by atoms with Gasteiger partial charge in [-0.05, 0) is 102 Å². The van der Waals surface area contributed by atoms with Crippen molar-refractivity contribution in [2.75, 3.05) is 27.7 Å². The SMILES string of the molecule is CC/C([C]1[CH][CH][CH][C]1CN(C)C)=C(\CC)c1ccc(OC)cc1.[CH]1[CH][CH][CH][CH]1.[Fe+2]. The van der Waals surface area contributed by atoms with Gasteiger partial charge in [0.05, 0.1) is 7.11 Å². The van der Waals surface area contributed by atoms with Gasteiger partial charge in [0.15, 0.2) is 0 Å². The van der Waals surface area contributed by atoms with Crippen LogP contribution in [0.1, 0.15) is 32.3 Å². The Labute approximate surface area is 191 Å². The van der Waals surface area contributed by atoms with E-state index >= 15 is 0 Å². The number of rotatable bonds is 7. The number of methoxy groups -OCH3 is 1. The number of hydrogen-bond donors (Lipinski definition) is 0. The average Bonchev–Trinajstić information content (AvgIpc) is 3.41. The quantitative estimate of drug-likeness (QED) is 0.520. The molecular formula is C26H33FeNO+2. The minimum Gasteiger partial charge on any atom is -0.497 e. The van der Waals surface area contributed by atoms with Crippen molar-refractivity contribution in [3.05, 3.63) is 98.6 Å². The first-order valence-corrected chi connectivity index (χ1v) is 10.0. The number of ether oxygens (including phenoxy) is 1. The Balaban J connectivity index is 0.000000610. The third-order valence-corrected chi connectivity index (χ3v) is 4.78. The van der Waals surface area contributed by atoms with E-state index in [1.807, 2.05) is 44.2 Å². The second-order valence-corrected chi connectivity index (χ2v) is 7.06. The van der Waals surface area contributed by atoms with Crippen molar-refractivity contribution in [2.45, 2.75) is 26.7 Å². The van der Waals surface area contributed by atoms with Gasteiger partial charge in [-0.3, -0.25) is 0 Å². The molecule has 0 heterocycles. The maximum absolute atomic E-state index is 5.28. The molecule has 0 atom stereocenters. The van der Waals surface area contributed by atoms with Gasteiger partial charge >= 0.3 is 17.1 Å². The fraction of sp³-hybridized carbons (Fsp3) is 0.308. The molecule has 3 rings (SSSR count). The number of hydrogen-bond acceptors (Lipinski definition) is 2. The van der Waals surface area contributed by atoms with Crippen molar-refractivity contribution in [3.8, 4) is 5.75 Å². The molecule has 0 aromatic heterocycles. The van der Waals surface area contributed by atoms with Crippen LogP contribution in [0.5, 0.6) is 5.75 Å². The molecule has 0 unspecified atom stereocenters. The average molecular weight is 431 g/mol. The molecule has 2 aliphatic rings. The summed E-state index contributed by atoms with van der Waals surface area (Å²) < 4.78 is 5.28. The summed E-state index contributed by atoms with van der Waals surface area (Å²) >= 11 is 0. The Hall–Kier alpha value is -0.761. The van der Waals surface area contributed by atoms with Crippen LogP contribution in [0.2, 0.25) is 0 Å². The van der Waals surface area contributed by atoms with Crippen molar-refractivity contribution in [1.82, 2.24) is 4.90 Å². The summed E-state index contributed by atoms with van der Waals surface area (Å²) in [5, 5.41) is 0. The van der Waals surface area contributed by atoms with Crippen LogP contribution in [0.25, 0.3) is 5.57 Å². The van der Waals surface area contributed by atoms with Gasteiger partial charge in [-0.15, -0.1) is 0 Å². The zero-order valence-electron chi connectivity index (χ0n) is 18.3. The van der Waals surface area contributed by atoms with Crippen LogP contribution < -0.4 is 4.74 Å². The van der Waals surface area contributed by atoms with Crippen molar-refractivity contribution in [3.63, 3.8) is 0 Å². The number of benzene rings is 1. The largest absolute Gasteiger partial charge is 2.00 e. The van der Waals surface area contributed by atoms with Crippen molar-refractivity contribution < 1.29 is 21.8 Å². The summed E-state index contributed by atoms with van der Waals surface area (Å²) in [5.74, 6) is 3.71. The zero-order valence-corrected chi connectivity index (χ0v) is 19.4. The fourth-order valence-corrected chi connectivity index (χ4v) is 3.50. The Morgan fingerprint density at radius 1 is 0.793 bits per heavy atom. The van der Waals surface area contributed by atoms with Gasteiger partial charge in [-0.2, -0.15) is 0 Å². The molecule has 2 fully saturated rings. The molecular weight excluding hydrogens is 398 g/mol. The number of allylic oxidation sites excluding steroid dienone is 2. The zero-order chi connectivity index (χ0) is 20.4. The topological polar surface area (TPSA) is 12.5 Å². The minimum absolute atomic E-state index is 0. The molecule has 2 aliphatic carbocycles. The van der Waals surface area contributed by atoms with E-state index in [1.54, 1.807) is 7.11 Å². The van der Waals surface area contributed by atoms with E-state index in [0.717, 1.165) is 25.1 Å². The van der Waals surface area contributed by atoms with Crippen LogP contribution in [0.4, 0.5) is 0 Å². The van der Waals surface area contributed by atoms with Gasteiger partial charge in [0.1, 0.15) is 5.75 Å². The van der Waals surface area contributed by atoms with Gasteiger partial charge in [-0.25, -0.2) is 0 Å². The molecule has 29 heavy (non-hydrogen) atoms. The first-order valence-electron chi connectivity index (χ1n) is 10.0. The van der Waals surface area contributed by atoms with Crippen LogP contribution in [0.15, 0.2) is 29.8 Å². The predicted octanol–water partition coefficient (Wildman–Crippen LogP) is 5.62. The molecule has 0 aliphatic heterocycles. The second-order valence-electron chi connectivity index (χ2n) is 7.06. The Bertz CT molecular complexity index is 582. The van der Waals surface area contributed by atoms with E-state index in [4.69, 9.17) is 4.74 Å². The molecule has 2 saturated carbocycles. The standard InChI is InChI=1S/C21H28NO.C5H5.Fe/c1-6-19(16-11-13-18(23-5)14-12-16)20(7-2)21-10-8-9-17(21)15-22(3)4;1-2-4-5-3-1;/h8-14H,6-7,15H2,1-5H3;1-5H;/q;;+2/b20-19-;;. The molecule has 0 amide bonds. The molecule has 3 heteroatoms. The van der Waals surface area contributed by atoms with Gasteiger partial charge in [0.2, 0.25) is 0 Å². The Morgan fingerprint density at radius 2 is 1.34 bits per heavy atom. The predicted molar refractivity (Wildman–Crippen MR) is 120 cm³/mol. The molecule has 0 bridgehead atoms. The van der Waals surface area contributed by atoms with Crippen molar-refractivity contribution >= 4 is 5.57 Å². The van der Waals surface area contributed by atoms with Gasteiger partial charge in [-0.1, -0.05) is 31.6 Å². The van der Waals surface area contributed by atoms with E-state index in [0.29, 0.717) is 0 Å². The summed E-state index contributed by atoms with van der Waals surface area (Å²) in [6.45, 7) is 5.47.